The highest BCUT2D eigenvalue weighted by atomic mass is 16.7. The predicted molar refractivity (Wildman–Crippen MR) is 59.8 cm³/mol. The van der Waals surface area contributed by atoms with Gasteiger partial charge in [0.1, 0.15) is 0 Å². The summed E-state index contributed by atoms with van der Waals surface area (Å²) in [7, 11) is 0. The van der Waals surface area contributed by atoms with Crippen LogP contribution in [0.15, 0.2) is 0 Å². The summed E-state index contributed by atoms with van der Waals surface area (Å²) in [6, 6.07) is 0.690. The van der Waals surface area contributed by atoms with Crippen molar-refractivity contribution in [2.24, 2.45) is 0 Å². The normalized spacial score (nSPS) is 26.2. The summed E-state index contributed by atoms with van der Waals surface area (Å²) in [5, 5.41) is 3.62. The van der Waals surface area contributed by atoms with Gasteiger partial charge in [-0.05, 0) is 25.8 Å². The van der Waals surface area contributed by atoms with Crippen LogP contribution in [0, 0.1) is 0 Å². The molecule has 2 rings (SSSR count). The number of unbranched alkanes of at least 4 members (excludes halogenated alkanes) is 1. The molecule has 1 spiro atoms. The summed E-state index contributed by atoms with van der Waals surface area (Å²) >= 11 is 0. The SMILES string of the molecule is CCCCNC1CCC2(CC1)OCCO2. The van der Waals surface area contributed by atoms with Crippen LogP contribution in [0.5, 0.6) is 0 Å². The lowest BCUT2D eigenvalue weighted by Gasteiger charge is -2.35. The highest BCUT2D eigenvalue weighted by Crippen LogP contribution is 2.35. The van der Waals surface area contributed by atoms with Crippen LogP contribution < -0.4 is 5.32 Å². The largest absolute Gasteiger partial charge is 0.348 e. The Balaban J connectivity index is 1.67. The third kappa shape index (κ3) is 2.92. The first-order valence-corrected chi connectivity index (χ1v) is 6.36. The molecule has 1 saturated carbocycles. The molecule has 3 heteroatoms. The van der Waals surface area contributed by atoms with E-state index in [1.165, 1.54) is 25.7 Å². The van der Waals surface area contributed by atoms with Gasteiger partial charge in [-0.2, -0.15) is 0 Å². The van der Waals surface area contributed by atoms with Crippen molar-refractivity contribution in [3.05, 3.63) is 0 Å². The zero-order valence-corrected chi connectivity index (χ0v) is 9.76. The van der Waals surface area contributed by atoms with Crippen LogP contribution >= 0.6 is 0 Å². The standard InChI is InChI=1S/C12H23NO2/c1-2-3-8-13-11-4-6-12(7-5-11)14-9-10-15-12/h11,13H,2-10H2,1H3. The molecular weight excluding hydrogens is 190 g/mol. The molecule has 1 N–H and O–H groups in total. The van der Waals surface area contributed by atoms with Gasteiger partial charge >= 0.3 is 0 Å². The van der Waals surface area contributed by atoms with Crippen molar-refractivity contribution < 1.29 is 9.47 Å². The smallest absolute Gasteiger partial charge is 0.168 e. The molecule has 0 aromatic carbocycles. The van der Waals surface area contributed by atoms with E-state index in [1.54, 1.807) is 0 Å². The average Bonchev–Trinajstić information content (AvgIpc) is 2.71. The Bertz CT molecular complexity index is 180. The average molecular weight is 213 g/mol. The van der Waals surface area contributed by atoms with Gasteiger partial charge in [0.15, 0.2) is 5.79 Å². The monoisotopic (exact) mass is 213 g/mol. The molecule has 0 amide bonds. The van der Waals surface area contributed by atoms with Crippen molar-refractivity contribution in [2.75, 3.05) is 19.8 Å². The molecule has 2 aliphatic rings. The molecule has 1 heterocycles. The molecule has 88 valence electrons. The van der Waals surface area contributed by atoms with Crippen LogP contribution in [0.3, 0.4) is 0 Å². The Morgan fingerprint density at radius 3 is 2.47 bits per heavy atom. The molecule has 3 nitrogen and oxygen atoms in total. The third-order valence-corrected chi connectivity index (χ3v) is 3.52. The number of ether oxygens (including phenoxy) is 2. The quantitative estimate of drug-likeness (QED) is 0.725. The topological polar surface area (TPSA) is 30.5 Å². The number of rotatable bonds is 4. The van der Waals surface area contributed by atoms with Gasteiger partial charge in [0, 0.05) is 18.9 Å². The van der Waals surface area contributed by atoms with E-state index in [9.17, 15) is 0 Å². The van der Waals surface area contributed by atoms with Gasteiger partial charge in [-0.1, -0.05) is 13.3 Å². The van der Waals surface area contributed by atoms with Crippen molar-refractivity contribution in [2.45, 2.75) is 57.3 Å². The number of nitrogens with one attached hydrogen (secondary N) is 1. The lowest BCUT2D eigenvalue weighted by Crippen LogP contribution is -2.42. The summed E-state index contributed by atoms with van der Waals surface area (Å²) in [4.78, 5) is 0. The van der Waals surface area contributed by atoms with Gasteiger partial charge in [-0.15, -0.1) is 0 Å². The molecule has 1 aliphatic heterocycles. The third-order valence-electron chi connectivity index (χ3n) is 3.52. The van der Waals surface area contributed by atoms with Crippen LogP contribution in [0.1, 0.15) is 45.4 Å². The highest BCUT2D eigenvalue weighted by molar-refractivity contribution is 4.85. The maximum atomic E-state index is 5.71. The van der Waals surface area contributed by atoms with Gasteiger partial charge in [0.2, 0.25) is 0 Å². The molecule has 0 radical (unpaired) electrons. The van der Waals surface area contributed by atoms with Crippen LogP contribution in [0.4, 0.5) is 0 Å². The van der Waals surface area contributed by atoms with Crippen molar-refractivity contribution in [3.63, 3.8) is 0 Å². The highest BCUT2D eigenvalue weighted by Gasteiger charge is 2.39. The molecule has 15 heavy (non-hydrogen) atoms. The van der Waals surface area contributed by atoms with Gasteiger partial charge in [0.05, 0.1) is 13.2 Å². The van der Waals surface area contributed by atoms with Crippen molar-refractivity contribution in [1.82, 2.24) is 5.32 Å². The Labute approximate surface area is 92.5 Å². The van der Waals surface area contributed by atoms with E-state index in [0.717, 1.165) is 32.6 Å². The fraction of sp³-hybridized carbons (Fsp3) is 1.00. The maximum Gasteiger partial charge on any atom is 0.168 e. The van der Waals surface area contributed by atoms with E-state index in [-0.39, 0.29) is 5.79 Å². The first kappa shape index (κ1) is 11.4. The van der Waals surface area contributed by atoms with Gasteiger partial charge in [-0.3, -0.25) is 0 Å². The van der Waals surface area contributed by atoms with E-state index < -0.39 is 0 Å². The lowest BCUT2D eigenvalue weighted by atomic mass is 9.90. The van der Waals surface area contributed by atoms with E-state index in [0.29, 0.717) is 6.04 Å². The number of hydrogen-bond acceptors (Lipinski definition) is 3. The minimum Gasteiger partial charge on any atom is -0.348 e. The fourth-order valence-electron chi connectivity index (χ4n) is 2.53. The van der Waals surface area contributed by atoms with Crippen molar-refractivity contribution in [3.8, 4) is 0 Å². The molecule has 1 saturated heterocycles. The van der Waals surface area contributed by atoms with Crippen LogP contribution in [0.25, 0.3) is 0 Å². The van der Waals surface area contributed by atoms with E-state index >= 15 is 0 Å². The predicted octanol–water partition coefficient (Wildman–Crippen LogP) is 2.06. The Kier molecular flexibility index (Phi) is 4.00. The second-order valence-corrected chi connectivity index (χ2v) is 4.69. The first-order chi connectivity index (χ1) is 7.35. The van der Waals surface area contributed by atoms with Gasteiger partial charge in [0.25, 0.3) is 0 Å². The molecule has 0 aromatic heterocycles. The Morgan fingerprint density at radius 2 is 1.87 bits per heavy atom. The summed E-state index contributed by atoms with van der Waals surface area (Å²) in [6.07, 6.45) is 7.09. The zero-order chi connectivity index (χ0) is 10.6. The lowest BCUT2D eigenvalue weighted by molar-refractivity contribution is -0.179. The summed E-state index contributed by atoms with van der Waals surface area (Å²) in [5.74, 6) is -0.192. The zero-order valence-electron chi connectivity index (χ0n) is 9.76. The molecule has 1 aliphatic carbocycles. The molecule has 0 atom stereocenters. The molecule has 0 bridgehead atoms. The van der Waals surface area contributed by atoms with Gasteiger partial charge < -0.3 is 14.8 Å². The van der Waals surface area contributed by atoms with E-state index in [4.69, 9.17) is 9.47 Å². The summed E-state index contributed by atoms with van der Waals surface area (Å²) < 4.78 is 11.4. The summed E-state index contributed by atoms with van der Waals surface area (Å²) in [5.41, 5.74) is 0. The van der Waals surface area contributed by atoms with Gasteiger partial charge in [-0.25, -0.2) is 0 Å². The Hall–Kier alpha value is -0.120. The first-order valence-electron chi connectivity index (χ1n) is 6.36. The molecule has 0 unspecified atom stereocenters. The minimum absolute atomic E-state index is 0.192. The maximum absolute atomic E-state index is 5.71. The van der Waals surface area contributed by atoms with Crippen molar-refractivity contribution in [1.29, 1.82) is 0 Å². The number of hydrogen-bond donors (Lipinski definition) is 1. The van der Waals surface area contributed by atoms with Crippen LogP contribution in [0.2, 0.25) is 0 Å². The molecular formula is C12H23NO2. The minimum atomic E-state index is -0.192. The molecule has 0 aromatic rings. The van der Waals surface area contributed by atoms with E-state index in [1.807, 2.05) is 0 Å². The summed E-state index contributed by atoms with van der Waals surface area (Å²) in [6.45, 7) is 4.97. The van der Waals surface area contributed by atoms with Crippen LogP contribution in [-0.4, -0.2) is 31.6 Å². The second kappa shape index (κ2) is 5.28. The van der Waals surface area contributed by atoms with Crippen LogP contribution in [-0.2, 0) is 9.47 Å². The van der Waals surface area contributed by atoms with Crippen molar-refractivity contribution >= 4 is 0 Å². The van der Waals surface area contributed by atoms with E-state index in [2.05, 4.69) is 12.2 Å². The fourth-order valence-corrected chi connectivity index (χ4v) is 2.53. The molecule has 2 fully saturated rings. The Morgan fingerprint density at radius 1 is 1.20 bits per heavy atom. The second-order valence-electron chi connectivity index (χ2n) is 4.69.